The van der Waals surface area contributed by atoms with Crippen LogP contribution in [0.25, 0.3) is 0 Å². The second kappa shape index (κ2) is 9.52. The van der Waals surface area contributed by atoms with Crippen molar-refractivity contribution in [1.82, 2.24) is 4.31 Å². The van der Waals surface area contributed by atoms with Gasteiger partial charge in [0.2, 0.25) is 10.0 Å². The summed E-state index contributed by atoms with van der Waals surface area (Å²) in [6.45, 7) is 7.83. The highest BCUT2D eigenvalue weighted by atomic mass is 32.2. The van der Waals surface area contributed by atoms with Crippen molar-refractivity contribution in [2.45, 2.75) is 69.6 Å². The lowest BCUT2D eigenvalue weighted by Gasteiger charge is -2.52. The van der Waals surface area contributed by atoms with Gasteiger partial charge in [-0.25, -0.2) is 8.42 Å². The van der Waals surface area contributed by atoms with Crippen LogP contribution in [-0.4, -0.2) is 37.5 Å². The van der Waals surface area contributed by atoms with Gasteiger partial charge in [-0.15, -0.1) is 0 Å². The largest absolute Gasteiger partial charge is 0.396 e. The summed E-state index contributed by atoms with van der Waals surface area (Å²) in [5, 5.41) is 9.47. The van der Waals surface area contributed by atoms with E-state index in [0.717, 1.165) is 44.1 Å². The fourth-order valence-corrected chi connectivity index (χ4v) is 7.60. The number of hydrogen-bond donors (Lipinski definition) is 1. The van der Waals surface area contributed by atoms with Crippen molar-refractivity contribution in [3.63, 3.8) is 0 Å². The Morgan fingerprint density at radius 3 is 2.36 bits per heavy atom. The van der Waals surface area contributed by atoms with Crippen LogP contribution in [-0.2, 0) is 21.9 Å². The van der Waals surface area contributed by atoms with Gasteiger partial charge in [-0.1, -0.05) is 63.2 Å². The highest BCUT2D eigenvalue weighted by molar-refractivity contribution is 7.89. The zero-order chi connectivity index (χ0) is 23.7. The second-order valence-corrected chi connectivity index (χ2v) is 13.2. The fourth-order valence-electron chi connectivity index (χ4n) is 6.05. The summed E-state index contributed by atoms with van der Waals surface area (Å²) in [4.78, 5) is 0.401. The first-order valence-electron chi connectivity index (χ1n) is 12.4. The minimum absolute atomic E-state index is 0.00636. The average molecular weight is 470 g/mol. The van der Waals surface area contributed by atoms with Crippen molar-refractivity contribution in [3.8, 4) is 0 Å². The lowest BCUT2D eigenvalue weighted by Crippen LogP contribution is -2.54. The molecule has 0 amide bonds. The number of fused-ring (bicyclic) bond motifs is 1. The van der Waals surface area contributed by atoms with E-state index in [1.54, 1.807) is 16.4 Å². The lowest BCUT2D eigenvalue weighted by molar-refractivity contribution is -0.000205. The predicted molar refractivity (Wildman–Crippen MR) is 134 cm³/mol. The number of nitrogens with zero attached hydrogens (tertiary/aromatic N) is 1. The fraction of sp³-hybridized carbons (Fsp3) is 0.571. The molecule has 0 aromatic heterocycles. The van der Waals surface area contributed by atoms with Gasteiger partial charge >= 0.3 is 0 Å². The molecule has 180 valence electrons. The molecule has 0 unspecified atom stereocenters. The van der Waals surface area contributed by atoms with Crippen LogP contribution in [0, 0.1) is 17.3 Å². The predicted octanol–water partition coefficient (Wildman–Crippen LogP) is 5.41. The smallest absolute Gasteiger partial charge is 0.243 e. The van der Waals surface area contributed by atoms with E-state index in [2.05, 4.69) is 45.0 Å². The topological polar surface area (TPSA) is 57.6 Å². The summed E-state index contributed by atoms with van der Waals surface area (Å²) >= 11 is 0. The Morgan fingerprint density at radius 1 is 1.03 bits per heavy atom. The molecule has 1 N–H and O–H groups in total. The number of hydrogen-bond acceptors (Lipinski definition) is 3. The maximum Gasteiger partial charge on any atom is 0.243 e. The first-order chi connectivity index (χ1) is 15.6. The number of benzene rings is 2. The lowest BCUT2D eigenvalue weighted by atomic mass is 9.58. The third-order valence-corrected chi connectivity index (χ3v) is 9.91. The quantitative estimate of drug-likeness (QED) is 0.616. The van der Waals surface area contributed by atoms with E-state index < -0.39 is 10.0 Å². The van der Waals surface area contributed by atoms with Gasteiger partial charge in [-0.2, -0.15) is 4.31 Å². The van der Waals surface area contributed by atoms with Gasteiger partial charge in [0, 0.05) is 19.7 Å². The summed E-state index contributed by atoms with van der Waals surface area (Å²) in [5.74, 6) is 1.05. The minimum Gasteiger partial charge on any atom is -0.396 e. The molecular formula is C28H39NO3S. The molecule has 4 nitrogen and oxygen atoms in total. The summed E-state index contributed by atoms with van der Waals surface area (Å²) in [5.41, 5.74) is 2.39. The molecule has 2 aromatic carbocycles. The van der Waals surface area contributed by atoms with Crippen LogP contribution < -0.4 is 0 Å². The molecule has 3 atom stereocenters. The molecule has 4 rings (SSSR count). The second-order valence-electron chi connectivity index (χ2n) is 11.3. The average Bonchev–Trinajstić information content (AvgIpc) is 2.79. The monoisotopic (exact) mass is 469 g/mol. The van der Waals surface area contributed by atoms with E-state index in [4.69, 9.17) is 0 Å². The molecule has 1 aliphatic carbocycles. The van der Waals surface area contributed by atoms with Crippen LogP contribution in [0.1, 0.15) is 64.0 Å². The van der Waals surface area contributed by atoms with Crippen molar-refractivity contribution in [2.75, 3.05) is 19.7 Å². The molecule has 1 saturated carbocycles. The highest BCUT2D eigenvalue weighted by Crippen LogP contribution is 2.51. The van der Waals surface area contributed by atoms with E-state index in [9.17, 15) is 13.5 Å². The highest BCUT2D eigenvalue weighted by Gasteiger charge is 2.49. The van der Waals surface area contributed by atoms with E-state index in [-0.39, 0.29) is 17.4 Å². The Hall–Kier alpha value is -1.69. The van der Waals surface area contributed by atoms with Crippen molar-refractivity contribution >= 4 is 10.0 Å². The van der Waals surface area contributed by atoms with E-state index in [1.807, 2.05) is 18.2 Å². The van der Waals surface area contributed by atoms with Crippen LogP contribution in [0.5, 0.6) is 0 Å². The molecule has 1 heterocycles. The van der Waals surface area contributed by atoms with Crippen molar-refractivity contribution in [3.05, 3.63) is 65.7 Å². The summed E-state index contributed by atoms with van der Waals surface area (Å²) in [7, 11) is -3.54. The Labute approximate surface area is 200 Å². The van der Waals surface area contributed by atoms with E-state index in [0.29, 0.717) is 29.8 Å². The number of piperidine rings is 1. The molecule has 1 saturated heterocycles. The van der Waals surface area contributed by atoms with Gasteiger partial charge < -0.3 is 5.11 Å². The molecule has 1 aliphatic heterocycles. The number of aliphatic hydroxyl groups is 1. The van der Waals surface area contributed by atoms with Crippen LogP contribution in [0.3, 0.4) is 0 Å². The van der Waals surface area contributed by atoms with Gasteiger partial charge in [0.05, 0.1) is 4.90 Å². The Morgan fingerprint density at radius 2 is 1.73 bits per heavy atom. The molecule has 5 heteroatoms. The van der Waals surface area contributed by atoms with Crippen molar-refractivity contribution in [2.24, 2.45) is 17.3 Å². The molecule has 2 aliphatic rings. The number of aliphatic hydroxyl groups excluding tert-OH is 1. The molecular weight excluding hydrogens is 430 g/mol. The standard InChI is InChI=1S/C28H39NO3S/c1-27(2,3)24-9-11-26(12-10-24)33(31,32)29-17-14-25-19-22(15-18-30)13-16-28(25,21-29)20-23-7-5-4-6-8-23/h4-12,22,25,30H,13-21H2,1-3H3/t22-,25+,28+/m1/s1. The van der Waals surface area contributed by atoms with Gasteiger partial charge in [0.25, 0.3) is 0 Å². The van der Waals surface area contributed by atoms with Gasteiger partial charge in [0.15, 0.2) is 0 Å². The first kappa shape index (κ1) is 24.4. The van der Waals surface area contributed by atoms with Crippen molar-refractivity contribution in [1.29, 1.82) is 0 Å². The maximum absolute atomic E-state index is 13.7. The summed E-state index contributed by atoms with van der Waals surface area (Å²) in [6, 6.07) is 18.0. The molecule has 0 radical (unpaired) electrons. The molecule has 2 fully saturated rings. The zero-order valence-electron chi connectivity index (χ0n) is 20.3. The maximum atomic E-state index is 13.7. The van der Waals surface area contributed by atoms with Gasteiger partial charge in [-0.05, 0) is 84.5 Å². The van der Waals surface area contributed by atoms with Crippen molar-refractivity contribution < 1.29 is 13.5 Å². The normalized spacial score (nSPS) is 26.7. The van der Waals surface area contributed by atoms with Crippen LogP contribution in [0.4, 0.5) is 0 Å². The molecule has 33 heavy (non-hydrogen) atoms. The van der Waals surface area contributed by atoms with E-state index in [1.165, 1.54) is 5.56 Å². The third-order valence-electron chi connectivity index (χ3n) is 8.05. The minimum atomic E-state index is -3.54. The first-order valence-corrected chi connectivity index (χ1v) is 13.8. The number of rotatable bonds is 6. The van der Waals surface area contributed by atoms with Gasteiger partial charge in [-0.3, -0.25) is 0 Å². The van der Waals surface area contributed by atoms with Gasteiger partial charge in [0.1, 0.15) is 0 Å². The Bertz CT molecular complexity index is 1030. The summed E-state index contributed by atoms with van der Waals surface area (Å²) in [6.07, 6.45) is 5.86. The molecule has 2 aromatic rings. The Kier molecular flexibility index (Phi) is 7.05. The van der Waals surface area contributed by atoms with Crippen LogP contribution in [0.2, 0.25) is 0 Å². The molecule has 0 spiro atoms. The third kappa shape index (κ3) is 5.21. The van der Waals surface area contributed by atoms with Crippen LogP contribution in [0.15, 0.2) is 59.5 Å². The molecule has 0 bridgehead atoms. The SMILES string of the molecule is CC(C)(C)c1ccc(S(=O)(=O)N2CC[C@H]3C[C@@H](CCO)CC[C@]3(Cc3ccccc3)C2)cc1. The van der Waals surface area contributed by atoms with E-state index >= 15 is 0 Å². The zero-order valence-corrected chi connectivity index (χ0v) is 21.2. The van der Waals surface area contributed by atoms with Crippen LogP contribution >= 0.6 is 0 Å². The number of sulfonamides is 1. The Balaban J connectivity index is 1.61. The summed E-state index contributed by atoms with van der Waals surface area (Å²) < 4.78 is 29.1.